The second kappa shape index (κ2) is 17.5. The smallest absolute Gasteiger partial charge is 0.255 e. The van der Waals surface area contributed by atoms with Gasteiger partial charge in [0.15, 0.2) is 0 Å². The second-order valence-electron chi connectivity index (χ2n) is 16.6. The Labute approximate surface area is 344 Å². The first kappa shape index (κ1) is 39.9. The van der Waals surface area contributed by atoms with Gasteiger partial charge in [0.25, 0.3) is 5.91 Å². The van der Waals surface area contributed by atoms with Gasteiger partial charge in [0.1, 0.15) is 24.0 Å². The predicted molar refractivity (Wildman–Crippen MR) is 221 cm³/mol. The fourth-order valence-electron chi connectivity index (χ4n) is 9.48. The third-order valence-corrected chi connectivity index (χ3v) is 12.9. The van der Waals surface area contributed by atoms with Gasteiger partial charge < -0.3 is 25.3 Å². The van der Waals surface area contributed by atoms with Gasteiger partial charge in [0, 0.05) is 55.2 Å². The lowest BCUT2D eigenvalue weighted by atomic mass is 9.94. The fourth-order valence-corrected chi connectivity index (χ4v) is 9.60. The van der Waals surface area contributed by atoms with Crippen molar-refractivity contribution in [3.8, 4) is 0 Å². The van der Waals surface area contributed by atoms with Crippen LogP contribution in [0.1, 0.15) is 122 Å². The quantitative estimate of drug-likeness (QED) is 0.126. The maximum atomic E-state index is 14.3. The number of rotatable bonds is 16. The summed E-state index contributed by atoms with van der Waals surface area (Å²) < 4.78 is 0. The van der Waals surface area contributed by atoms with Crippen molar-refractivity contribution in [3.05, 3.63) is 81.6 Å². The number of imide groups is 1. The van der Waals surface area contributed by atoms with Gasteiger partial charge in [-0.1, -0.05) is 74.9 Å². The van der Waals surface area contributed by atoms with E-state index in [0.29, 0.717) is 55.4 Å². The number of fused-ring (bicyclic) bond motifs is 3. The summed E-state index contributed by atoms with van der Waals surface area (Å²) in [5, 5.41) is 9.54. The zero-order valence-corrected chi connectivity index (χ0v) is 33.9. The number of hydrogen-bond donors (Lipinski definition) is 3. The molecule has 1 unspecified atom stereocenters. The number of nitrogens with zero attached hydrogens (tertiary/aromatic N) is 5. The highest BCUT2D eigenvalue weighted by atomic mass is 35.5. The van der Waals surface area contributed by atoms with Crippen LogP contribution in [0.5, 0.6) is 0 Å². The molecule has 0 radical (unpaired) electrons. The van der Waals surface area contributed by atoms with E-state index in [9.17, 15) is 24.0 Å². The molecule has 5 aliphatic rings. The summed E-state index contributed by atoms with van der Waals surface area (Å²) in [4.78, 5) is 78.7. The number of halogens is 1. The minimum Gasteiger partial charge on any atom is -0.349 e. The molecule has 13 nitrogen and oxygen atoms in total. The summed E-state index contributed by atoms with van der Waals surface area (Å²) >= 11 is 6.24. The lowest BCUT2D eigenvalue weighted by Crippen LogP contribution is -2.52. The van der Waals surface area contributed by atoms with Gasteiger partial charge in [0.05, 0.1) is 18.0 Å². The predicted octanol–water partition coefficient (Wildman–Crippen LogP) is 5.47. The molecule has 5 amide bonds. The molecule has 3 aromatic rings. The van der Waals surface area contributed by atoms with E-state index in [1.807, 2.05) is 43.3 Å². The minimum atomic E-state index is -0.591. The van der Waals surface area contributed by atoms with Crippen LogP contribution < -0.4 is 20.9 Å². The number of amides is 5. The number of nitrogens with one attached hydrogen (secondary N) is 3. The molecule has 2 saturated heterocycles. The lowest BCUT2D eigenvalue weighted by Gasteiger charge is -2.38. The van der Waals surface area contributed by atoms with Crippen molar-refractivity contribution in [1.29, 1.82) is 0 Å². The van der Waals surface area contributed by atoms with E-state index >= 15 is 0 Å². The highest BCUT2D eigenvalue weighted by Gasteiger charge is 2.53. The molecule has 2 aromatic carbocycles. The van der Waals surface area contributed by atoms with Crippen molar-refractivity contribution in [3.63, 3.8) is 0 Å². The van der Waals surface area contributed by atoms with Crippen LogP contribution in [0.15, 0.2) is 48.8 Å². The third-order valence-electron chi connectivity index (χ3n) is 12.7. The van der Waals surface area contributed by atoms with Crippen LogP contribution in [0.3, 0.4) is 0 Å². The Morgan fingerprint density at radius 2 is 1.67 bits per heavy atom. The van der Waals surface area contributed by atoms with Crippen LogP contribution in [-0.4, -0.2) is 93.6 Å². The molecule has 306 valence electrons. The van der Waals surface area contributed by atoms with E-state index in [-0.39, 0.29) is 59.9 Å². The normalized spacial score (nSPS) is 22.9. The summed E-state index contributed by atoms with van der Waals surface area (Å²) in [5.74, 6) is 0.550. The molecule has 3 N–H and O–H groups in total. The van der Waals surface area contributed by atoms with Gasteiger partial charge >= 0.3 is 0 Å². The Morgan fingerprint density at radius 3 is 2.47 bits per heavy atom. The van der Waals surface area contributed by atoms with Crippen LogP contribution in [0.4, 0.5) is 11.6 Å². The van der Waals surface area contributed by atoms with E-state index in [4.69, 9.17) is 11.6 Å². The van der Waals surface area contributed by atoms with Crippen LogP contribution >= 0.6 is 11.6 Å². The van der Waals surface area contributed by atoms with Gasteiger partial charge in [-0.15, -0.1) is 0 Å². The maximum absolute atomic E-state index is 14.3. The first-order valence-corrected chi connectivity index (χ1v) is 21.5. The van der Waals surface area contributed by atoms with Gasteiger partial charge in [-0.2, -0.15) is 0 Å². The molecule has 3 fully saturated rings. The van der Waals surface area contributed by atoms with Crippen molar-refractivity contribution < 1.29 is 24.0 Å². The number of aromatic nitrogens is 2. The highest BCUT2D eigenvalue weighted by molar-refractivity contribution is 6.30. The first-order chi connectivity index (χ1) is 28.2. The van der Waals surface area contributed by atoms with Gasteiger partial charge in [-0.3, -0.25) is 29.3 Å². The number of aryl methyl sites for hydroxylation is 1. The van der Waals surface area contributed by atoms with Crippen molar-refractivity contribution in [2.24, 2.45) is 0 Å². The number of carbonyl (C=O) groups is 5. The van der Waals surface area contributed by atoms with Crippen molar-refractivity contribution in [2.45, 2.75) is 120 Å². The number of carbonyl (C=O) groups excluding carboxylic acids is 5. The molecular weight excluding hydrogens is 756 g/mol. The summed E-state index contributed by atoms with van der Waals surface area (Å²) in [5.41, 5.74) is 4.83. The van der Waals surface area contributed by atoms with E-state index in [0.717, 1.165) is 80.4 Å². The molecule has 8 rings (SSSR count). The van der Waals surface area contributed by atoms with Crippen LogP contribution in [0.25, 0.3) is 0 Å². The summed E-state index contributed by atoms with van der Waals surface area (Å²) in [6.45, 7) is 5.17. The summed E-state index contributed by atoms with van der Waals surface area (Å²) in [6, 6.07) is 13.3. The zero-order chi connectivity index (χ0) is 40.3. The lowest BCUT2D eigenvalue weighted by molar-refractivity contribution is -0.137. The first-order valence-electron chi connectivity index (χ1n) is 21.1. The van der Waals surface area contributed by atoms with Crippen LogP contribution in [0, 0.1) is 0 Å². The Balaban J connectivity index is 0.760. The van der Waals surface area contributed by atoms with E-state index < -0.39 is 6.04 Å². The van der Waals surface area contributed by atoms with Crippen molar-refractivity contribution in [1.82, 2.24) is 30.4 Å². The van der Waals surface area contributed by atoms with E-state index in [1.54, 1.807) is 4.90 Å². The maximum Gasteiger partial charge on any atom is 0.255 e. The number of anilines is 2. The number of benzene rings is 2. The largest absolute Gasteiger partial charge is 0.349 e. The molecule has 1 aromatic heterocycles. The molecule has 1 aliphatic carbocycles. The molecule has 5 heterocycles. The Morgan fingerprint density at radius 1 is 0.897 bits per heavy atom. The van der Waals surface area contributed by atoms with Crippen LogP contribution in [-0.2, 0) is 32.1 Å². The summed E-state index contributed by atoms with van der Waals surface area (Å²) in [6.07, 6.45) is 12.2. The number of unbranched alkanes of at least 4 members (excludes halogenated alkanes) is 6. The van der Waals surface area contributed by atoms with E-state index in [1.165, 1.54) is 18.3 Å². The van der Waals surface area contributed by atoms with Crippen molar-refractivity contribution in [2.75, 3.05) is 36.4 Å². The molecule has 14 heteroatoms. The Hall–Kier alpha value is -4.88. The molecular formula is C44H53ClN8O5. The topological polar surface area (TPSA) is 157 Å². The molecule has 0 bridgehead atoms. The van der Waals surface area contributed by atoms with E-state index in [2.05, 4.69) is 41.8 Å². The second-order valence-corrected chi connectivity index (χ2v) is 17.0. The van der Waals surface area contributed by atoms with Gasteiger partial charge in [0.2, 0.25) is 23.6 Å². The Kier molecular flexibility index (Phi) is 12.1. The third kappa shape index (κ3) is 8.47. The van der Waals surface area contributed by atoms with Gasteiger partial charge in [-0.05, 0) is 79.5 Å². The number of piperazine rings is 1. The summed E-state index contributed by atoms with van der Waals surface area (Å²) in [7, 11) is 0. The van der Waals surface area contributed by atoms with Crippen LogP contribution in [0.2, 0.25) is 5.02 Å². The monoisotopic (exact) mass is 808 g/mol. The molecule has 1 saturated carbocycles. The standard InChI is InChI=1S/C44H53ClN8O5/c1-27-22-38(55)49-40-39(27)41(48-26-47-40)51-20-21-52(36-23-35(36)51)44(58)32(29-13-15-30(45)16-14-29)24-46-19-8-6-4-2-3-5-7-10-28-11-9-12-31-33(28)25-53(43(31)57)34-17-18-37(54)50-42(34)56/h9,11-16,26-27,32,34-36,46H,2-8,10,17-25H2,1H3,(H,50,54,56)(H,47,48,49,55)/t27-,32-,34?,35+,36-/m1/s1. The zero-order valence-electron chi connectivity index (χ0n) is 33.2. The Bertz CT molecular complexity index is 2060. The fraction of sp³-hybridized carbons (Fsp3) is 0.523. The number of piperidine rings is 1. The average Bonchev–Trinajstić information content (AvgIpc) is 3.95. The number of hydrogen-bond acceptors (Lipinski definition) is 9. The minimum absolute atomic E-state index is 0.0218. The molecule has 5 atom stereocenters. The van der Waals surface area contributed by atoms with Gasteiger partial charge in [-0.25, -0.2) is 9.97 Å². The van der Waals surface area contributed by atoms with Crippen molar-refractivity contribution >= 4 is 52.8 Å². The molecule has 0 spiro atoms. The highest BCUT2D eigenvalue weighted by Crippen LogP contribution is 2.44. The molecule has 58 heavy (non-hydrogen) atoms. The average molecular weight is 809 g/mol. The SMILES string of the molecule is C[C@@H]1CC(=O)Nc2ncnc(N3CCN(C(=O)[C@H](CNCCCCCCCCCc4cccc5c4CN(C4CCC(=O)NC4=O)C5=O)c4ccc(Cl)cc4)[C@@H]4C[C@@H]43)c21. The molecule has 4 aliphatic heterocycles.